The third-order valence-electron chi connectivity index (χ3n) is 3.40. The maximum absolute atomic E-state index is 12.5. The molecule has 0 amide bonds. The predicted octanol–water partition coefficient (Wildman–Crippen LogP) is 3.10. The lowest BCUT2D eigenvalue weighted by Crippen LogP contribution is -2.23. The van der Waals surface area contributed by atoms with Gasteiger partial charge in [-0.05, 0) is 53.6 Å². The molecule has 1 aromatic carbocycles. The molecule has 0 saturated heterocycles. The minimum atomic E-state index is -0.547. The lowest BCUT2D eigenvalue weighted by atomic mass is 9.81. The van der Waals surface area contributed by atoms with Crippen LogP contribution >= 0.6 is 22.6 Å². The van der Waals surface area contributed by atoms with Gasteiger partial charge in [0.15, 0.2) is 5.78 Å². The Bertz CT molecular complexity index is 592. The van der Waals surface area contributed by atoms with Crippen LogP contribution < -0.4 is 0 Å². The molecule has 4 nitrogen and oxygen atoms in total. The lowest BCUT2D eigenvalue weighted by molar-refractivity contribution is -0.138. The van der Waals surface area contributed by atoms with Crippen molar-refractivity contribution in [2.24, 2.45) is 0 Å². The first-order valence-corrected chi connectivity index (χ1v) is 7.88. The maximum Gasteiger partial charge on any atom is 0.341 e. The highest BCUT2D eigenvalue weighted by Crippen LogP contribution is 2.33. The molecular formula is C16H17IO4. The van der Waals surface area contributed by atoms with Gasteiger partial charge in [-0.3, -0.25) is 4.79 Å². The van der Waals surface area contributed by atoms with Crippen molar-refractivity contribution >= 4 is 34.3 Å². The van der Waals surface area contributed by atoms with Crippen LogP contribution in [0.5, 0.6) is 0 Å². The van der Waals surface area contributed by atoms with E-state index >= 15 is 0 Å². The first-order chi connectivity index (χ1) is 10.1. The number of hydrogen-bond acceptors (Lipinski definition) is 4. The molecule has 1 aliphatic carbocycles. The number of methoxy groups -OCH3 is 1. The summed E-state index contributed by atoms with van der Waals surface area (Å²) in [6, 6.07) is 5.74. The van der Waals surface area contributed by atoms with Crippen LogP contribution in [0, 0.1) is 3.57 Å². The molecule has 0 aliphatic heterocycles. The fraction of sp³-hybridized carbons (Fsp3) is 0.375. The van der Waals surface area contributed by atoms with Crippen molar-refractivity contribution in [3.05, 3.63) is 44.5 Å². The Morgan fingerprint density at radius 3 is 2.81 bits per heavy atom. The Morgan fingerprint density at radius 1 is 1.38 bits per heavy atom. The SMILES string of the molecule is CCOC(=O)C1=CC(CCOC)c2ccc(I)cc2C1=O. The van der Waals surface area contributed by atoms with E-state index in [-0.39, 0.29) is 23.9 Å². The van der Waals surface area contributed by atoms with Gasteiger partial charge in [-0.1, -0.05) is 12.1 Å². The number of rotatable bonds is 5. The number of ketones is 1. The van der Waals surface area contributed by atoms with Gasteiger partial charge >= 0.3 is 5.97 Å². The van der Waals surface area contributed by atoms with Gasteiger partial charge in [0.1, 0.15) is 5.57 Å². The average Bonchev–Trinajstić information content (AvgIpc) is 2.47. The van der Waals surface area contributed by atoms with Crippen LogP contribution in [0.25, 0.3) is 0 Å². The molecular weight excluding hydrogens is 383 g/mol. The Labute approximate surface area is 137 Å². The number of allylic oxidation sites excluding steroid dienone is 1. The standard InChI is InChI=1S/C16H17IO4/c1-3-21-16(19)14-8-10(6-7-20-2)12-5-4-11(17)9-13(12)15(14)18/h4-5,8-10H,3,6-7H2,1-2H3. The summed E-state index contributed by atoms with van der Waals surface area (Å²) in [6.07, 6.45) is 2.44. The van der Waals surface area contributed by atoms with E-state index in [1.165, 1.54) is 0 Å². The zero-order valence-corrected chi connectivity index (χ0v) is 14.2. The summed E-state index contributed by atoms with van der Waals surface area (Å²) in [5.74, 6) is -0.806. The van der Waals surface area contributed by atoms with Gasteiger partial charge in [0.05, 0.1) is 6.61 Å². The molecule has 1 atom stereocenters. The normalized spacial score (nSPS) is 17.2. The topological polar surface area (TPSA) is 52.6 Å². The number of carbonyl (C=O) groups is 2. The van der Waals surface area contributed by atoms with Crippen molar-refractivity contribution < 1.29 is 19.1 Å². The van der Waals surface area contributed by atoms with Crippen molar-refractivity contribution in [3.8, 4) is 0 Å². The maximum atomic E-state index is 12.5. The molecule has 0 radical (unpaired) electrons. The predicted molar refractivity (Wildman–Crippen MR) is 87.4 cm³/mol. The summed E-state index contributed by atoms with van der Waals surface area (Å²) in [6.45, 7) is 2.55. The van der Waals surface area contributed by atoms with Gasteiger partial charge in [0.2, 0.25) is 0 Å². The van der Waals surface area contributed by atoms with E-state index in [9.17, 15) is 9.59 Å². The molecule has 0 saturated carbocycles. The molecule has 5 heteroatoms. The van der Waals surface area contributed by atoms with Gasteiger partial charge in [0.25, 0.3) is 0 Å². The molecule has 0 bridgehead atoms. The molecule has 112 valence electrons. The molecule has 2 rings (SSSR count). The molecule has 0 spiro atoms. The average molecular weight is 400 g/mol. The molecule has 0 fully saturated rings. The smallest absolute Gasteiger partial charge is 0.341 e. The molecule has 0 aromatic heterocycles. The Morgan fingerprint density at radius 2 is 2.14 bits per heavy atom. The molecule has 1 aromatic rings. The van der Waals surface area contributed by atoms with Gasteiger partial charge in [-0.2, -0.15) is 0 Å². The Balaban J connectivity index is 2.42. The second kappa shape index (κ2) is 7.17. The number of ether oxygens (including phenoxy) is 2. The summed E-state index contributed by atoms with van der Waals surface area (Å²) in [7, 11) is 1.64. The highest BCUT2D eigenvalue weighted by atomic mass is 127. The van der Waals surface area contributed by atoms with E-state index in [4.69, 9.17) is 9.47 Å². The van der Waals surface area contributed by atoms with Crippen molar-refractivity contribution in [3.63, 3.8) is 0 Å². The third-order valence-corrected chi connectivity index (χ3v) is 4.07. The van der Waals surface area contributed by atoms with E-state index in [2.05, 4.69) is 22.6 Å². The summed E-state index contributed by atoms with van der Waals surface area (Å²) in [5.41, 5.74) is 1.67. The Hall–Kier alpha value is -1.21. The minimum absolute atomic E-state index is 0.00550. The Kier molecular flexibility index (Phi) is 5.52. The molecule has 0 N–H and O–H groups in total. The number of hydrogen-bond donors (Lipinski definition) is 0. The third kappa shape index (κ3) is 3.52. The minimum Gasteiger partial charge on any atom is -0.462 e. The number of esters is 1. The highest BCUT2D eigenvalue weighted by Gasteiger charge is 2.31. The second-order valence-corrected chi connectivity index (χ2v) is 6.00. The summed E-state index contributed by atoms with van der Waals surface area (Å²) < 4.78 is 11.1. The van der Waals surface area contributed by atoms with Crippen molar-refractivity contribution in [2.45, 2.75) is 19.3 Å². The summed E-state index contributed by atoms with van der Waals surface area (Å²) >= 11 is 2.16. The van der Waals surface area contributed by atoms with Crippen molar-refractivity contribution in [1.29, 1.82) is 0 Å². The van der Waals surface area contributed by atoms with Crippen LogP contribution in [-0.2, 0) is 14.3 Å². The van der Waals surface area contributed by atoms with Crippen LogP contribution in [0.15, 0.2) is 29.8 Å². The van der Waals surface area contributed by atoms with Crippen LogP contribution in [0.2, 0.25) is 0 Å². The van der Waals surface area contributed by atoms with Gasteiger partial charge in [-0.25, -0.2) is 4.79 Å². The molecule has 1 unspecified atom stereocenters. The summed E-state index contributed by atoms with van der Waals surface area (Å²) in [5, 5.41) is 0. The van der Waals surface area contributed by atoms with Gasteiger partial charge < -0.3 is 9.47 Å². The zero-order chi connectivity index (χ0) is 15.4. The largest absolute Gasteiger partial charge is 0.462 e. The number of Topliss-reactive ketones (excluding diaryl/α,β-unsaturated/α-hetero) is 1. The van der Waals surface area contributed by atoms with Crippen molar-refractivity contribution in [1.82, 2.24) is 0 Å². The second-order valence-electron chi connectivity index (χ2n) is 4.75. The number of carbonyl (C=O) groups excluding carboxylic acids is 2. The first kappa shape index (κ1) is 16.2. The van der Waals surface area contributed by atoms with Crippen LogP contribution in [-0.4, -0.2) is 32.1 Å². The van der Waals surface area contributed by atoms with Gasteiger partial charge in [-0.15, -0.1) is 0 Å². The van der Waals surface area contributed by atoms with Gasteiger partial charge in [0, 0.05) is 28.8 Å². The quantitative estimate of drug-likeness (QED) is 0.433. The van der Waals surface area contributed by atoms with E-state index in [0.717, 1.165) is 15.6 Å². The van der Waals surface area contributed by atoms with Crippen LogP contribution in [0.4, 0.5) is 0 Å². The number of halogens is 1. The van der Waals surface area contributed by atoms with E-state index < -0.39 is 5.97 Å². The van der Waals surface area contributed by atoms with Crippen molar-refractivity contribution in [2.75, 3.05) is 20.3 Å². The number of benzene rings is 1. The lowest BCUT2D eigenvalue weighted by Gasteiger charge is -2.23. The van der Waals surface area contributed by atoms with Crippen LogP contribution in [0.1, 0.15) is 35.2 Å². The van der Waals surface area contributed by atoms with Crippen LogP contribution in [0.3, 0.4) is 0 Å². The molecule has 21 heavy (non-hydrogen) atoms. The molecule has 0 heterocycles. The molecule has 1 aliphatic rings. The monoisotopic (exact) mass is 400 g/mol. The first-order valence-electron chi connectivity index (χ1n) is 6.80. The van der Waals surface area contributed by atoms with E-state index in [1.54, 1.807) is 20.1 Å². The number of fused-ring (bicyclic) bond motifs is 1. The van der Waals surface area contributed by atoms with E-state index in [1.807, 2.05) is 18.2 Å². The van der Waals surface area contributed by atoms with E-state index in [0.29, 0.717) is 12.2 Å². The summed E-state index contributed by atoms with van der Waals surface area (Å²) in [4.78, 5) is 24.5. The zero-order valence-electron chi connectivity index (χ0n) is 12.0. The fourth-order valence-corrected chi connectivity index (χ4v) is 2.90. The highest BCUT2D eigenvalue weighted by molar-refractivity contribution is 14.1. The fourth-order valence-electron chi connectivity index (χ4n) is 2.41.